The summed E-state index contributed by atoms with van der Waals surface area (Å²) in [7, 11) is 1.70. The van der Waals surface area contributed by atoms with Gasteiger partial charge in [-0.1, -0.05) is 17.7 Å². The minimum Gasteiger partial charge on any atom is -0.396 e. The predicted molar refractivity (Wildman–Crippen MR) is 87.1 cm³/mol. The predicted octanol–water partition coefficient (Wildman–Crippen LogP) is 2.28. The fourth-order valence-corrected chi connectivity index (χ4v) is 3.00. The average Bonchev–Trinajstić information content (AvgIpc) is 2.52. The fraction of sp³-hybridized carbons (Fsp3) is 0.625. The zero-order chi connectivity index (χ0) is 15.1. The maximum Gasteiger partial charge on any atom is 0.0642 e. The molecule has 0 amide bonds. The number of hydrogen-bond donors (Lipinski definition) is 2. The number of nitrogens with zero attached hydrogens (tertiary/aromatic N) is 1. The minimum absolute atomic E-state index is 0.299. The number of methoxy groups -OCH3 is 1. The number of anilines is 1. The molecule has 0 aromatic heterocycles. The van der Waals surface area contributed by atoms with Gasteiger partial charge < -0.3 is 20.1 Å². The molecule has 0 radical (unpaired) electrons. The van der Waals surface area contributed by atoms with Crippen LogP contribution in [0, 0.1) is 5.92 Å². The summed E-state index contributed by atoms with van der Waals surface area (Å²) in [6.45, 7) is 4.59. The van der Waals surface area contributed by atoms with Gasteiger partial charge >= 0.3 is 0 Å². The minimum atomic E-state index is 0.299. The number of piperidine rings is 1. The molecule has 1 aliphatic rings. The first-order chi connectivity index (χ1) is 10.2. The zero-order valence-electron chi connectivity index (χ0n) is 12.6. The Morgan fingerprint density at radius 3 is 2.76 bits per heavy atom. The van der Waals surface area contributed by atoms with Crippen LogP contribution in [0.15, 0.2) is 18.2 Å². The lowest BCUT2D eigenvalue weighted by atomic mass is 9.97. The van der Waals surface area contributed by atoms with E-state index in [0.717, 1.165) is 49.7 Å². The third kappa shape index (κ3) is 4.85. The van der Waals surface area contributed by atoms with Crippen molar-refractivity contribution in [3.63, 3.8) is 0 Å². The van der Waals surface area contributed by atoms with E-state index in [0.29, 0.717) is 19.1 Å². The number of hydrogen-bond acceptors (Lipinski definition) is 4. The van der Waals surface area contributed by atoms with Crippen molar-refractivity contribution in [3.05, 3.63) is 28.8 Å². The van der Waals surface area contributed by atoms with Gasteiger partial charge in [0.05, 0.1) is 17.3 Å². The molecule has 1 fully saturated rings. The van der Waals surface area contributed by atoms with Crippen LogP contribution in [0.2, 0.25) is 5.02 Å². The van der Waals surface area contributed by atoms with Gasteiger partial charge in [-0.05, 0) is 36.5 Å². The molecule has 21 heavy (non-hydrogen) atoms. The Hall–Kier alpha value is -0.810. The third-order valence-electron chi connectivity index (χ3n) is 4.04. The van der Waals surface area contributed by atoms with E-state index in [1.165, 1.54) is 5.56 Å². The van der Waals surface area contributed by atoms with E-state index in [1.807, 2.05) is 6.07 Å². The maximum absolute atomic E-state index is 9.20. The van der Waals surface area contributed by atoms with Gasteiger partial charge in [-0.2, -0.15) is 0 Å². The SMILES string of the molecule is COCCNCc1ccc(N2CCC(CO)CC2)c(Cl)c1. The molecule has 2 N–H and O–H groups in total. The molecule has 0 aliphatic carbocycles. The summed E-state index contributed by atoms with van der Waals surface area (Å²) in [6, 6.07) is 6.27. The number of nitrogens with one attached hydrogen (secondary N) is 1. The van der Waals surface area contributed by atoms with Gasteiger partial charge in [0.2, 0.25) is 0 Å². The zero-order valence-corrected chi connectivity index (χ0v) is 13.4. The van der Waals surface area contributed by atoms with E-state index in [2.05, 4.69) is 22.3 Å². The Bertz CT molecular complexity index is 434. The van der Waals surface area contributed by atoms with Gasteiger partial charge in [0.1, 0.15) is 0 Å². The van der Waals surface area contributed by atoms with E-state index in [4.69, 9.17) is 16.3 Å². The Labute approximate surface area is 132 Å². The van der Waals surface area contributed by atoms with E-state index < -0.39 is 0 Å². The molecule has 5 heteroatoms. The summed E-state index contributed by atoms with van der Waals surface area (Å²) >= 11 is 6.43. The highest BCUT2D eigenvalue weighted by Gasteiger charge is 2.20. The van der Waals surface area contributed by atoms with Crippen LogP contribution in [0.1, 0.15) is 18.4 Å². The molecular formula is C16H25ClN2O2. The summed E-state index contributed by atoms with van der Waals surface area (Å²) in [5.41, 5.74) is 2.29. The Morgan fingerprint density at radius 2 is 2.14 bits per heavy atom. The van der Waals surface area contributed by atoms with E-state index in [9.17, 15) is 5.11 Å². The molecule has 1 saturated heterocycles. The van der Waals surface area contributed by atoms with Crippen LogP contribution >= 0.6 is 11.6 Å². The number of aliphatic hydroxyl groups excluding tert-OH is 1. The molecule has 0 spiro atoms. The number of aliphatic hydroxyl groups is 1. The summed E-state index contributed by atoms with van der Waals surface area (Å²) in [6.07, 6.45) is 2.07. The number of benzene rings is 1. The van der Waals surface area contributed by atoms with Crippen LogP contribution in [-0.4, -0.2) is 45.1 Å². The van der Waals surface area contributed by atoms with Gasteiger partial charge in [0.25, 0.3) is 0 Å². The molecule has 1 aromatic rings. The second-order valence-corrected chi connectivity index (χ2v) is 5.98. The van der Waals surface area contributed by atoms with Gasteiger partial charge in [-0.15, -0.1) is 0 Å². The summed E-state index contributed by atoms with van der Waals surface area (Å²) in [4.78, 5) is 2.32. The van der Waals surface area contributed by atoms with Gasteiger partial charge in [-0.3, -0.25) is 0 Å². The second-order valence-electron chi connectivity index (χ2n) is 5.57. The van der Waals surface area contributed by atoms with Crippen molar-refractivity contribution >= 4 is 17.3 Å². The first kappa shape index (κ1) is 16.6. The standard InChI is InChI=1S/C16H25ClN2O2/c1-21-9-6-18-11-14-2-3-16(15(17)10-14)19-7-4-13(12-20)5-8-19/h2-3,10,13,18,20H,4-9,11-12H2,1H3. The molecule has 1 aromatic carbocycles. The topological polar surface area (TPSA) is 44.7 Å². The number of halogens is 1. The molecule has 4 nitrogen and oxygen atoms in total. The molecule has 0 bridgehead atoms. The van der Waals surface area contributed by atoms with Crippen LogP contribution in [-0.2, 0) is 11.3 Å². The van der Waals surface area contributed by atoms with Crippen LogP contribution in [0.25, 0.3) is 0 Å². The molecule has 1 aliphatic heterocycles. The first-order valence-corrected chi connectivity index (χ1v) is 7.96. The van der Waals surface area contributed by atoms with Crippen molar-refractivity contribution in [1.82, 2.24) is 5.32 Å². The summed E-state index contributed by atoms with van der Waals surface area (Å²) in [5.74, 6) is 0.448. The van der Waals surface area contributed by atoms with Crippen LogP contribution in [0.3, 0.4) is 0 Å². The van der Waals surface area contributed by atoms with Crippen LogP contribution in [0.5, 0.6) is 0 Å². The lowest BCUT2D eigenvalue weighted by Crippen LogP contribution is -2.34. The van der Waals surface area contributed by atoms with Gasteiger partial charge in [-0.25, -0.2) is 0 Å². The van der Waals surface area contributed by atoms with E-state index in [1.54, 1.807) is 7.11 Å². The van der Waals surface area contributed by atoms with Crippen LogP contribution < -0.4 is 10.2 Å². The smallest absolute Gasteiger partial charge is 0.0642 e. The highest BCUT2D eigenvalue weighted by Crippen LogP contribution is 2.30. The van der Waals surface area contributed by atoms with Crippen molar-refractivity contribution in [3.8, 4) is 0 Å². The molecule has 118 valence electrons. The van der Waals surface area contributed by atoms with Crippen LogP contribution in [0.4, 0.5) is 5.69 Å². The largest absolute Gasteiger partial charge is 0.396 e. The normalized spacial score (nSPS) is 16.4. The van der Waals surface area contributed by atoms with Gasteiger partial charge in [0.15, 0.2) is 0 Å². The van der Waals surface area contributed by atoms with Crippen molar-refractivity contribution in [2.45, 2.75) is 19.4 Å². The molecular weight excluding hydrogens is 288 g/mol. The summed E-state index contributed by atoms with van der Waals surface area (Å²) < 4.78 is 5.01. The van der Waals surface area contributed by atoms with Crippen molar-refractivity contribution in [2.24, 2.45) is 5.92 Å². The van der Waals surface area contributed by atoms with Crippen molar-refractivity contribution in [1.29, 1.82) is 0 Å². The van der Waals surface area contributed by atoms with Crippen molar-refractivity contribution in [2.75, 3.05) is 44.9 Å². The third-order valence-corrected chi connectivity index (χ3v) is 4.34. The number of rotatable bonds is 7. The molecule has 0 atom stereocenters. The lowest BCUT2D eigenvalue weighted by Gasteiger charge is -2.33. The average molecular weight is 313 g/mol. The highest BCUT2D eigenvalue weighted by atomic mass is 35.5. The maximum atomic E-state index is 9.20. The van der Waals surface area contributed by atoms with Gasteiger partial charge in [0, 0.05) is 39.9 Å². The highest BCUT2D eigenvalue weighted by molar-refractivity contribution is 6.33. The Kier molecular flexibility index (Phi) is 6.77. The molecule has 0 unspecified atom stereocenters. The molecule has 2 rings (SSSR count). The quantitative estimate of drug-likeness (QED) is 0.758. The van der Waals surface area contributed by atoms with E-state index >= 15 is 0 Å². The molecule has 1 heterocycles. The fourth-order valence-electron chi connectivity index (χ4n) is 2.68. The monoisotopic (exact) mass is 312 g/mol. The first-order valence-electron chi connectivity index (χ1n) is 7.58. The molecule has 0 saturated carbocycles. The summed E-state index contributed by atoms with van der Waals surface area (Å²) in [5, 5.41) is 13.3. The second kappa shape index (κ2) is 8.59. The number of ether oxygens (including phenoxy) is 1. The van der Waals surface area contributed by atoms with Crippen molar-refractivity contribution < 1.29 is 9.84 Å². The lowest BCUT2D eigenvalue weighted by molar-refractivity contribution is 0.199. The Balaban J connectivity index is 1.90. The Morgan fingerprint density at radius 1 is 1.38 bits per heavy atom. The van der Waals surface area contributed by atoms with E-state index in [-0.39, 0.29) is 0 Å².